The van der Waals surface area contributed by atoms with Crippen molar-refractivity contribution < 1.29 is 9.59 Å². The third-order valence-electron chi connectivity index (χ3n) is 5.34. The Morgan fingerprint density at radius 2 is 1.64 bits per heavy atom. The number of para-hydroxylation sites is 1. The van der Waals surface area contributed by atoms with Gasteiger partial charge in [-0.25, -0.2) is 0 Å². The maximum atomic E-state index is 12.6. The smallest absolute Gasteiger partial charge is 0.265 e. The molecule has 1 aliphatic heterocycles. The second-order valence-electron chi connectivity index (χ2n) is 7.17. The van der Waals surface area contributed by atoms with Crippen LogP contribution >= 0.6 is 12.2 Å². The Bertz CT molecular complexity index is 1010. The van der Waals surface area contributed by atoms with E-state index in [4.69, 9.17) is 12.2 Å². The highest BCUT2D eigenvalue weighted by atomic mass is 32.1. The monoisotopic (exact) mass is 395 g/mol. The maximum absolute atomic E-state index is 12.6. The lowest BCUT2D eigenvalue weighted by atomic mass is 10.0. The molecule has 1 aromatic heterocycles. The predicted octanol–water partition coefficient (Wildman–Crippen LogP) is 3.56. The van der Waals surface area contributed by atoms with E-state index in [-0.39, 0.29) is 22.5 Å². The summed E-state index contributed by atoms with van der Waals surface area (Å²) in [5.74, 6) is -0.744. The van der Waals surface area contributed by atoms with Gasteiger partial charge in [-0.05, 0) is 68.2 Å². The van der Waals surface area contributed by atoms with Gasteiger partial charge in [0.15, 0.2) is 5.11 Å². The first kappa shape index (κ1) is 20.0. The van der Waals surface area contributed by atoms with E-state index >= 15 is 0 Å². The van der Waals surface area contributed by atoms with E-state index in [0.717, 1.165) is 23.4 Å². The SMILES string of the molecule is CCc1cccc(C)c1-n1c(C)cc(C=C2C(=O)N(C)C(=S)N(C)C2=O)c1C. The number of rotatable bonds is 3. The Kier molecular flexibility index (Phi) is 5.26. The highest BCUT2D eigenvalue weighted by molar-refractivity contribution is 7.80. The van der Waals surface area contributed by atoms with E-state index in [1.54, 1.807) is 20.2 Å². The number of carbonyl (C=O) groups excluding carboxylic acids is 2. The zero-order valence-electron chi connectivity index (χ0n) is 17.2. The number of carbonyl (C=O) groups is 2. The molecule has 0 saturated carbocycles. The molecule has 146 valence electrons. The molecule has 3 rings (SSSR count). The van der Waals surface area contributed by atoms with Crippen molar-refractivity contribution in [3.63, 3.8) is 0 Å². The van der Waals surface area contributed by atoms with Gasteiger partial charge in [0.2, 0.25) is 0 Å². The van der Waals surface area contributed by atoms with Crippen LogP contribution in [0.5, 0.6) is 0 Å². The van der Waals surface area contributed by atoms with Crippen LogP contribution in [0.2, 0.25) is 0 Å². The molecule has 0 atom stereocenters. The predicted molar refractivity (Wildman–Crippen MR) is 115 cm³/mol. The van der Waals surface area contributed by atoms with Crippen molar-refractivity contribution in [2.45, 2.75) is 34.1 Å². The lowest BCUT2D eigenvalue weighted by Crippen LogP contribution is -2.52. The first-order valence-electron chi connectivity index (χ1n) is 9.28. The van der Waals surface area contributed by atoms with Crippen molar-refractivity contribution in [3.8, 4) is 5.69 Å². The maximum Gasteiger partial charge on any atom is 0.265 e. The lowest BCUT2D eigenvalue weighted by molar-refractivity contribution is -0.132. The zero-order chi connectivity index (χ0) is 20.7. The average Bonchev–Trinajstić information content (AvgIpc) is 2.95. The molecular weight excluding hydrogens is 370 g/mol. The summed E-state index contributed by atoms with van der Waals surface area (Å²) in [7, 11) is 3.18. The number of aromatic nitrogens is 1. The fraction of sp³-hybridized carbons (Fsp3) is 0.318. The largest absolute Gasteiger partial charge is 0.317 e. The van der Waals surface area contributed by atoms with Gasteiger partial charge in [0.25, 0.3) is 11.8 Å². The lowest BCUT2D eigenvalue weighted by Gasteiger charge is -2.31. The first-order valence-corrected chi connectivity index (χ1v) is 9.69. The Hall–Kier alpha value is -2.73. The molecule has 0 bridgehead atoms. The van der Waals surface area contributed by atoms with Crippen molar-refractivity contribution >= 4 is 35.2 Å². The molecule has 2 aromatic rings. The van der Waals surface area contributed by atoms with Gasteiger partial charge in [-0.15, -0.1) is 0 Å². The number of hydrogen-bond acceptors (Lipinski definition) is 3. The highest BCUT2D eigenvalue weighted by Crippen LogP contribution is 2.28. The van der Waals surface area contributed by atoms with E-state index < -0.39 is 0 Å². The zero-order valence-corrected chi connectivity index (χ0v) is 18.0. The minimum Gasteiger partial charge on any atom is -0.317 e. The number of likely N-dealkylation sites (N-methyl/N-ethyl adjacent to an activating group) is 2. The highest BCUT2D eigenvalue weighted by Gasteiger charge is 2.35. The Labute approximate surface area is 171 Å². The van der Waals surface area contributed by atoms with E-state index in [9.17, 15) is 9.59 Å². The molecule has 0 radical (unpaired) electrons. The molecule has 1 aromatic carbocycles. The Balaban J connectivity index is 2.16. The van der Waals surface area contributed by atoms with Crippen LogP contribution in [0, 0.1) is 20.8 Å². The number of benzene rings is 1. The van der Waals surface area contributed by atoms with Gasteiger partial charge in [-0.3, -0.25) is 19.4 Å². The molecule has 6 heteroatoms. The van der Waals surface area contributed by atoms with Gasteiger partial charge < -0.3 is 4.57 Å². The van der Waals surface area contributed by atoms with Crippen LogP contribution in [0.25, 0.3) is 11.8 Å². The molecule has 0 aliphatic carbocycles. The topological polar surface area (TPSA) is 45.6 Å². The van der Waals surface area contributed by atoms with Crippen molar-refractivity contribution in [1.82, 2.24) is 14.4 Å². The third-order valence-corrected chi connectivity index (χ3v) is 5.89. The third kappa shape index (κ3) is 3.07. The van der Waals surface area contributed by atoms with Crippen molar-refractivity contribution in [2.75, 3.05) is 14.1 Å². The van der Waals surface area contributed by atoms with Crippen LogP contribution in [0.15, 0.2) is 29.8 Å². The molecule has 1 fully saturated rings. The summed E-state index contributed by atoms with van der Waals surface area (Å²) in [5.41, 5.74) is 6.65. The van der Waals surface area contributed by atoms with Crippen LogP contribution in [-0.2, 0) is 16.0 Å². The Morgan fingerprint density at radius 1 is 1.04 bits per heavy atom. The summed E-state index contributed by atoms with van der Waals surface area (Å²) >= 11 is 5.16. The van der Waals surface area contributed by atoms with Crippen LogP contribution in [0.3, 0.4) is 0 Å². The standard InChI is InChI=1S/C22H25N3O2S/c1-7-16-10-8-9-13(2)19(16)25-14(3)11-17(15(25)4)12-18-20(26)23(5)22(28)24(6)21(18)27/h8-12H,7H2,1-6H3. The average molecular weight is 396 g/mol. The molecule has 2 amide bonds. The summed E-state index contributed by atoms with van der Waals surface area (Å²) < 4.78 is 2.20. The van der Waals surface area contributed by atoms with Gasteiger partial charge >= 0.3 is 0 Å². The van der Waals surface area contributed by atoms with Gasteiger partial charge in [0.05, 0.1) is 5.69 Å². The summed E-state index contributed by atoms with van der Waals surface area (Å²) in [6, 6.07) is 8.33. The fourth-order valence-electron chi connectivity index (χ4n) is 3.73. The fourth-order valence-corrected chi connectivity index (χ4v) is 3.90. The quantitative estimate of drug-likeness (QED) is 0.453. The van der Waals surface area contributed by atoms with Gasteiger partial charge in [-0.2, -0.15) is 0 Å². The molecular formula is C22H25N3O2S. The summed E-state index contributed by atoms with van der Waals surface area (Å²) in [6.07, 6.45) is 2.61. The van der Waals surface area contributed by atoms with E-state index in [2.05, 4.69) is 36.6 Å². The van der Waals surface area contributed by atoms with Crippen LogP contribution in [0.4, 0.5) is 0 Å². The van der Waals surface area contributed by atoms with E-state index in [0.29, 0.717) is 0 Å². The summed E-state index contributed by atoms with van der Waals surface area (Å²) in [5, 5.41) is 0.213. The molecule has 1 aliphatic rings. The van der Waals surface area contributed by atoms with Gasteiger partial charge in [-0.1, -0.05) is 25.1 Å². The molecule has 2 heterocycles. The van der Waals surface area contributed by atoms with Crippen molar-refractivity contribution in [1.29, 1.82) is 0 Å². The van der Waals surface area contributed by atoms with Crippen molar-refractivity contribution in [2.24, 2.45) is 0 Å². The summed E-state index contributed by atoms with van der Waals surface area (Å²) in [6.45, 7) is 8.30. The number of nitrogens with zero attached hydrogens (tertiary/aromatic N) is 3. The molecule has 5 nitrogen and oxygen atoms in total. The Morgan fingerprint density at radius 3 is 2.21 bits per heavy atom. The normalized spacial score (nSPS) is 14.9. The van der Waals surface area contributed by atoms with Gasteiger partial charge in [0, 0.05) is 25.5 Å². The number of amides is 2. The van der Waals surface area contributed by atoms with E-state index in [1.165, 1.54) is 26.6 Å². The molecule has 0 unspecified atom stereocenters. The first-order chi connectivity index (χ1) is 13.2. The molecule has 0 N–H and O–H groups in total. The second kappa shape index (κ2) is 7.36. The molecule has 28 heavy (non-hydrogen) atoms. The van der Waals surface area contributed by atoms with Crippen LogP contribution in [-0.4, -0.2) is 45.4 Å². The molecule has 1 saturated heterocycles. The summed E-state index contributed by atoms with van der Waals surface area (Å²) in [4.78, 5) is 27.9. The second-order valence-corrected chi connectivity index (χ2v) is 7.53. The van der Waals surface area contributed by atoms with Gasteiger partial charge in [0.1, 0.15) is 5.57 Å². The van der Waals surface area contributed by atoms with E-state index in [1.807, 2.05) is 19.9 Å². The number of aryl methyl sites for hydroxylation is 3. The number of hydrogen-bond donors (Lipinski definition) is 0. The molecule has 0 spiro atoms. The van der Waals surface area contributed by atoms with Crippen LogP contribution in [0.1, 0.15) is 35.0 Å². The number of thiocarbonyl (C=S) groups is 1. The minimum absolute atomic E-state index is 0.124. The van der Waals surface area contributed by atoms with Crippen LogP contribution < -0.4 is 0 Å². The minimum atomic E-state index is -0.372. The van der Waals surface area contributed by atoms with Crippen molar-refractivity contribution in [3.05, 3.63) is 57.9 Å².